The third-order valence-corrected chi connectivity index (χ3v) is 2.72. The molecule has 1 N–H and O–H groups in total. The van der Waals surface area contributed by atoms with Crippen LogP contribution < -0.4 is 0 Å². The summed E-state index contributed by atoms with van der Waals surface area (Å²) in [4.78, 5) is 0. The number of aryl methyl sites for hydroxylation is 1. The fourth-order valence-corrected chi connectivity index (χ4v) is 2.14. The van der Waals surface area contributed by atoms with Crippen molar-refractivity contribution in [1.82, 2.24) is 0 Å². The van der Waals surface area contributed by atoms with E-state index >= 15 is 0 Å². The van der Waals surface area contributed by atoms with Crippen molar-refractivity contribution in [3.05, 3.63) is 29.1 Å². The van der Waals surface area contributed by atoms with E-state index in [2.05, 4.69) is 0 Å². The minimum absolute atomic E-state index is 0.406. The first-order valence-electron chi connectivity index (χ1n) is 3.45. The van der Waals surface area contributed by atoms with E-state index in [0.717, 1.165) is 15.6 Å². The van der Waals surface area contributed by atoms with Gasteiger partial charge in [0.15, 0.2) is 0 Å². The predicted molar refractivity (Wildman–Crippen MR) is 48.2 cm³/mol. The lowest BCUT2D eigenvalue weighted by molar-refractivity contribution is 0.483. The van der Waals surface area contributed by atoms with Crippen LogP contribution in [0, 0.1) is 6.92 Å². The lowest BCUT2D eigenvalue weighted by Crippen LogP contribution is -1.70. The van der Waals surface area contributed by atoms with E-state index in [4.69, 9.17) is 0 Å². The maximum absolute atomic E-state index is 9.40. The number of thiophene rings is 1. The monoisotopic (exact) mass is 164 g/mol. The maximum atomic E-state index is 9.40. The molecule has 0 bridgehead atoms. The van der Waals surface area contributed by atoms with Crippen LogP contribution in [0.2, 0.25) is 0 Å². The van der Waals surface area contributed by atoms with E-state index in [1.165, 1.54) is 0 Å². The average molecular weight is 164 g/mol. The van der Waals surface area contributed by atoms with E-state index in [1.54, 1.807) is 16.7 Å². The number of fused-ring (bicyclic) bond motifs is 1. The molecule has 0 atom stereocenters. The fraction of sp³-hybridized carbons (Fsp3) is 0.111. The Labute approximate surface area is 68.9 Å². The molecule has 0 aliphatic heterocycles. The van der Waals surface area contributed by atoms with E-state index in [9.17, 15) is 5.11 Å². The van der Waals surface area contributed by atoms with Crippen LogP contribution in [-0.4, -0.2) is 5.11 Å². The molecule has 1 heterocycles. The zero-order chi connectivity index (χ0) is 7.84. The summed E-state index contributed by atoms with van der Waals surface area (Å²) in [6.45, 7) is 2.01. The van der Waals surface area contributed by atoms with Gasteiger partial charge in [-0.25, -0.2) is 0 Å². The largest absolute Gasteiger partial charge is 0.506 e. The summed E-state index contributed by atoms with van der Waals surface area (Å²) in [5, 5.41) is 12.2. The standard InChI is InChI=1S/C9H8OS/c1-6-3-2-4-8-9(6)7(10)5-11-8/h2-5,10H,1H3. The molecule has 2 rings (SSSR count). The van der Waals surface area contributed by atoms with E-state index in [1.807, 2.05) is 25.1 Å². The number of rotatable bonds is 0. The SMILES string of the molecule is Cc1cccc2scc(O)c12. The molecule has 0 saturated carbocycles. The van der Waals surface area contributed by atoms with Crippen molar-refractivity contribution in [2.45, 2.75) is 6.92 Å². The van der Waals surface area contributed by atoms with Gasteiger partial charge in [0.05, 0.1) is 0 Å². The zero-order valence-electron chi connectivity index (χ0n) is 6.16. The molecule has 2 heteroatoms. The van der Waals surface area contributed by atoms with Crippen LogP contribution in [0.1, 0.15) is 5.56 Å². The average Bonchev–Trinajstić information content (AvgIpc) is 2.34. The highest BCUT2D eigenvalue weighted by molar-refractivity contribution is 7.17. The minimum Gasteiger partial charge on any atom is -0.506 e. The molecule has 0 unspecified atom stereocenters. The molecule has 1 aromatic carbocycles. The van der Waals surface area contributed by atoms with Gasteiger partial charge in [-0.05, 0) is 18.6 Å². The van der Waals surface area contributed by atoms with Crippen molar-refractivity contribution in [2.24, 2.45) is 0 Å². The highest BCUT2D eigenvalue weighted by atomic mass is 32.1. The lowest BCUT2D eigenvalue weighted by atomic mass is 10.1. The molecule has 0 aliphatic rings. The van der Waals surface area contributed by atoms with Gasteiger partial charge in [-0.1, -0.05) is 12.1 Å². The summed E-state index contributed by atoms with van der Waals surface area (Å²) in [6, 6.07) is 6.04. The Hall–Kier alpha value is -1.02. The van der Waals surface area contributed by atoms with Crippen molar-refractivity contribution in [2.75, 3.05) is 0 Å². The zero-order valence-corrected chi connectivity index (χ0v) is 6.98. The van der Waals surface area contributed by atoms with Gasteiger partial charge in [0.1, 0.15) is 5.75 Å². The number of benzene rings is 1. The van der Waals surface area contributed by atoms with Crippen LogP contribution in [-0.2, 0) is 0 Å². The van der Waals surface area contributed by atoms with Crippen molar-refractivity contribution in [3.8, 4) is 5.75 Å². The smallest absolute Gasteiger partial charge is 0.134 e. The Kier molecular flexibility index (Phi) is 1.36. The first kappa shape index (κ1) is 6.68. The van der Waals surface area contributed by atoms with Crippen molar-refractivity contribution >= 4 is 21.4 Å². The van der Waals surface area contributed by atoms with Crippen LogP contribution in [0.4, 0.5) is 0 Å². The minimum atomic E-state index is 0.406. The molecule has 2 aromatic rings. The van der Waals surface area contributed by atoms with Gasteiger partial charge in [-0.3, -0.25) is 0 Å². The number of hydrogen-bond donors (Lipinski definition) is 1. The highest BCUT2D eigenvalue weighted by Crippen LogP contribution is 2.32. The molecule has 0 radical (unpaired) electrons. The highest BCUT2D eigenvalue weighted by Gasteiger charge is 2.02. The Balaban J connectivity index is 2.96. The van der Waals surface area contributed by atoms with E-state index < -0.39 is 0 Å². The van der Waals surface area contributed by atoms with Gasteiger partial charge in [0.2, 0.25) is 0 Å². The second kappa shape index (κ2) is 2.24. The van der Waals surface area contributed by atoms with Crippen LogP contribution in [0.25, 0.3) is 10.1 Å². The predicted octanol–water partition coefficient (Wildman–Crippen LogP) is 2.92. The third kappa shape index (κ3) is 0.906. The van der Waals surface area contributed by atoms with Crippen LogP contribution >= 0.6 is 11.3 Å². The quantitative estimate of drug-likeness (QED) is 0.634. The second-order valence-corrected chi connectivity index (χ2v) is 3.48. The summed E-state index contributed by atoms with van der Waals surface area (Å²) in [7, 11) is 0. The van der Waals surface area contributed by atoms with Crippen LogP contribution in [0.3, 0.4) is 0 Å². The molecule has 0 amide bonds. The molecule has 56 valence electrons. The van der Waals surface area contributed by atoms with E-state index in [0.29, 0.717) is 5.75 Å². The molecule has 1 nitrogen and oxygen atoms in total. The summed E-state index contributed by atoms with van der Waals surface area (Å²) in [6.07, 6.45) is 0. The molecule has 11 heavy (non-hydrogen) atoms. The Morgan fingerprint density at radius 1 is 1.36 bits per heavy atom. The molecule has 0 fully saturated rings. The van der Waals surface area contributed by atoms with Gasteiger partial charge < -0.3 is 5.11 Å². The third-order valence-electron chi connectivity index (χ3n) is 1.79. The lowest BCUT2D eigenvalue weighted by Gasteiger charge is -1.94. The van der Waals surface area contributed by atoms with E-state index in [-0.39, 0.29) is 0 Å². The van der Waals surface area contributed by atoms with Gasteiger partial charge in [-0.15, -0.1) is 11.3 Å². The van der Waals surface area contributed by atoms with Gasteiger partial charge in [0.25, 0.3) is 0 Å². The van der Waals surface area contributed by atoms with Crippen LogP contribution in [0.15, 0.2) is 23.6 Å². The first-order valence-corrected chi connectivity index (χ1v) is 4.33. The number of hydrogen-bond acceptors (Lipinski definition) is 2. The Bertz CT molecular complexity index is 389. The fourth-order valence-electron chi connectivity index (χ4n) is 1.25. The second-order valence-electron chi connectivity index (χ2n) is 2.57. The van der Waals surface area contributed by atoms with Gasteiger partial charge >= 0.3 is 0 Å². The Morgan fingerprint density at radius 2 is 2.18 bits per heavy atom. The Morgan fingerprint density at radius 3 is 2.91 bits per heavy atom. The normalized spacial score (nSPS) is 10.6. The summed E-state index contributed by atoms with van der Waals surface area (Å²) in [5.74, 6) is 0.406. The summed E-state index contributed by atoms with van der Waals surface area (Å²) < 4.78 is 1.16. The number of aromatic hydroxyl groups is 1. The van der Waals surface area contributed by atoms with Crippen molar-refractivity contribution < 1.29 is 5.11 Å². The molecule has 0 saturated heterocycles. The van der Waals surface area contributed by atoms with Crippen molar-refractivity contribution in [3.63, 3.8) is 0 Å². The van der Waals surface area contributed by atoms with Crippen LogP contribution in [0.5, 0.6) is 5.75 Å². The summed E-state index contributed by atoms with van der Waals surface area (Å²) in [5.41, 5.74) is 1.14. The topological polar surface area (TPSA) is 20.2 Å². The van der Waals surface area contributed by atoms with Gasteiger partial charge in [-0.2, -0.15) is 0 Å². The molecule has 0 aliphatic carbocycles. The molecular formula is C9H8OS. The summed E-state index contributed by atoms with van der Waals surface area (Å²) >= 11 is 1.58. The molecule has 0 spiro atoms. The van der Waals surface area contributed by atoms with Gasteiger partial charge in [0, 0.05) is 15.5 Å². The van der Waals surface area contributed by atoms with Crippen molar-refractivity contribution in [1.29, 1.82) is 0 Å². The first-order chi connectivity index (χ1) is 5.29. The maximum Gasteiger partial charge on any atom is 0.134 e. The molecular weight excluding hydrogens is 156 g/mol. The molecule has 1 aromatic heterocycles.